The molecule has 2 aliphatic rings. The Morgan fingerprint density at radius 3 is 2.10 bits per heavy atom. The molecule has 0 spiro atoms. The molecule has 0 radical (unpaired) electrons. The zero-order valence-electron chi connectivity index (χ0n) is 28.6. The molecule has 5 N–H and O–H groups in total. The van der Waals surface area contributed by atoms with E-state index in [0.717, 1.165) is 91.0 Å². The number of aromatic nitrogens is 6. The van der Waals surface area contributed by atoms with Crippen LogP contribution in [0.3, 0.4) is 0 Å². The van der Waals surface area contributed by atoms with E-state index >= 15 is 0 Å². The molecular formula is C40H43ClN10. The number of pyridine rings is 2. The third kappa shape index (κ3) is 7.12. The molecular weight excluding hydrogens is 656 g/mol. The molecule has 2 aromatic carbocycles. The summed E-state index contributed by atoms with van der Waals surface area (Å²) in [6.07, 6.45) is 11.7. The first kappa shape index (κ1) is 33.1. The highest BCUT2D eigenvalue weighted by molar-refractivity contribution is 6.36. The quantitative estimate of drug-likeness (QED) is 0.0770. The van der Waals surface area contributed by atoms with Crippen molar-refractivity contribution in [2.24, 2.45) is 16.9 Å². The normalized spacial score (nSPS) is 16.9. The molecule has 260 valence electrons. The lowest BCUT2D eigenvalue weighted by Gasteiger charge is -2.32. The number of benzene rings is 2. The minimum atomic E-state index is 0.310. The monoisotopic (exact) mass is 698 g/mol. The van der Waals surface area contributed by atoms with E-state index in [-0.39, 0.29) is 0 Å². The van der Waals surface area contributed by atoms with Gasteiger partial charge in [0, 0.05) is 70.9 Å². The number of hydrogen-bond acceptors (Lipinski definition) is 7. The molecule has 0 unspecified atom stereocenters. The molecule has 7 aromatic rings. The number of halogens is 1. The highest BCUT2D eigenvalue weighted by atomic mass is 35.5. The molecule has 0 amide bonds. The summed E-state index contributed by atoms with van der Waals surface area (Å²) in [7, 11) is 0. The zero-order chi connectivity index (χ0) is 34.6. The SMILES string of the molecule is N/N=C(/c1c(Cl)cnc2[nH]ccc12)C1CCN(Cc2ccccc2)CC1.c1ccc(CN2CCC(c3[nH][nH]c4cnc5nccc5c34)CC2)cc1. The van der Waals surface area contributed by atoms with Crippen LogP contribution in [0, 0.1) is 5.92 Å². The standard InChI is InChI=1S/C20H22ClN5.C20H21N5/c21-17-12-24-20-16(6-9-23-20)18(17)19(25-22)15-7-10-26(11-8-15)13-14-4-2-1-3-5-14;1-2-4-14(5-3-1)13-25-10-7-15(8-11-25)19-18-16-6-9-21-20(16)22-12-17(18)23-24-19/h1-6,9,12,15H,7-8,10-11,13,22H2,(H,23,24);1-6,9,12,15,23-24H,7-8,10-11,13H2/b25-19+;. The number of nitrogens with one attached hydrogen (secondary N) is 3. The minimum absolute atomic E-state index is 0.310. The molecule has 2 saturated heterocycles. The van der Waals surface area contributed by atoms with Crippen LogP contribution in [-0.2, 0) is 13.1 Å². The molecule has 5 aromatic heterocycles. The Balaban J connectivity index is 0.000000147. The number of hydrogen-bond donors (Lipinski definition) is 4. The highest BCUT2D eigenvalue weighted by Crippen LogP contribution is 2.35. The van der Waals surface area contributed by atoms with Crippen molar-refractivity contribution in [3.63, 3.8) is 0 Å². The van der Waals surface area contributed by atoms with Crippen LogP contribution in [0.5, 0.6) is 0 Å². The molecule has 2 fully saturated rings. The van der Waals surface area contributed by atoms with Crippen molar-refractivity contribution in [1.82, 2.24) is 39.9 Å². The van der Waals surface area contributed by atoms with E-state index in [2.05, 4.69) is 112 Å². The van der Waals surface area contributed by atoms with Gasteiger partial charge in [0.05, 0.1) is 22.4 Å². The van der Waals surface area contributed by atoms with E-state index in [1.165, 1.54) is 35.0 Å². The number of H-pyrrole nitrogens is 3. The smallest absolute Gasteiger partial charge is 0.159 e. The van der Waals surface area contributed by atoms with E-state index in [4.69, 9.17) is 17.4 Å². The number of aromatic amines is 3. The number of hydrazone groups is 1. The molecule has 9 rings (SSSR count). The Hall–Kier alpha value is -5.03. The molecule has 11 heteroatoms. The Morgan fingerprint density at radius 1 is 0.765 bits per heavy atom. The molecule has 7 heterocycles. The first-order valence-corrected chi connectivity index (χ1v) is 18.2. The second-order valence-corrected chi connectivity index (χ2v) is 14.1. The van der Waals surface area contributed by atoms with Crippen LogP contribution < -0.4 is 5.84 Å². The van der Waals surface area contributed by atoms with Crippen molar-refractivity contribution in [2.75, 3.05) is 26.2 Å². The minimum Gasteiger partial charge on any atom is -0.346 e. The van der Waals surface area contributed by atoms with Gasteiger partial charge < -0.3 is 15.9 Å². The summed E-state index contributed by atoms with van der Waals surface area (Å²) >= 11 is 6.47. The lowest BCUT2D eigenvalue weighted by atomic mass is 9.87. The average Bonchev–Trinajstić information content (AvgIpc) is 3.95. The highest BCUT2D eigenvalue weighted by Gasteiger charge is 2.28. The summed E-state index contributed by atoms with van der Waals surface area (Å²) in [6.45, 7) is 6.35. The number of fused-ring (bicyclic) bond motifs is 4. The van der Waals surface area contributed by atoms with Gasteiger partial charge in [-0.25, -0.2) is 15.0 Å². The van der Waals surface area contributed by atoms with Gasteiger partial charge in [-0.3, -0.25) is 14.9 Å². The Bertz CT molecular complexity index is 2220. The molecule has 0 aliphatic carbocycles. The Labute approximate surface area is 302 Å². The predicted octanol–water partition coefficient (Wildman–Crippen LogP) is 7.61. The lowest BCUT2D eigenvalue weighted by Crippen LogP contribution is -2.36. The lowest BCUT2D eigenvalue weighted by molar-refractivity contribution is 0.202. The topological polar surface area (TPSA) is 131 Å². The largest absolute Gasteiger partial charge is 0.346 e. The summed E-state index contributed by atoms with van der Waals surface area (Å²) in [5, 5.41) is 14.9. The summed E-state index contributed by atoms with van der Waals surface area (Å²) < 4.78 is 0. The molecule has 0 atom stereocenters. The van der Waals surface area contributed by atoms with Gasteiger partial charge >= 0.3 is 0 Å². The van der Waals surface area contributed by atoms with Crippen LogP contribution in [0.15, 0.2) is 103 Å². The van der Waals surface area contributed by atoms with Crippen molar-refractivity contribution >= 4 is 50.3 Å². The summed E-state index contributed by atoms with van der Waals surface area (Å²) in [5.74, 6) is 6.67. The van der Waals surface area contributed by atoms with Gasteiger partial charge in [0.15, 0.2) is 5.65 Å². The maximum absolute atomic E-state index is 6.47. The van der Waals surface area contributed by atoms with Gasteiger partial charge in [-0.1, -0.05) is 72.3 Å². The summed E-state index contributed by atoms with van der Waals surface area (Å²) in [4.78, 5) is 21.3. The van der Waals surface area contributed by atoms with Crippen molar-refractivity contribution < 1.29 is 0 Å². The fourth-order valence-electron chi connectivity index (χ4n) is 7.89. The second kappa shape index (κ2) is 15.1. The predicted molar refractivity (Wildman–Crippen MR) is 206 cm³/mol. The fraction of sp³-hybridized carbons (Fsp3) is 0.300. The average molecular weight is 699 g/mol. The summed E-state index contributed by atoms with van der Waals surface area (Å²) in [6, 6.07) is 25.4. The van der Waals surface area contributed by atoms with Crippen LogP contribution in [0.4, 0.5) is 0 Å². The third-order valence-electron chi connectivity index (χ3n) is 10.5. The molecule has 2 aliphatic heterocycles. The third-order valence-corrected chi connectivity index (χ3v) is 10.8. The second-order valence-electron chi connectivity index (χ2n) is 13.7. The zero-order valence-corrected chi connectivity index (χ0v) is 29.4. The van der Waals surface area contributed by atoms with Gasteiger partial charge in [-0.15, -0.1) is 0 Å². The maximum Gasteiger partial charge on any atom is 0.159 e. The van der Waals surface area contributed by atoms with Gasteiger partial charge in [-0.05, 0) is 75.1 Å². The maximum atomic E-state index is 6.47. The van der Waals surface area contributed by atoms with Crippen LogP contribution in [-0.4, -0.2) is 71.8 Å². The van der Waals surface area contributed by atoms with Gasteiger partial charge in [0.1, 0.15) is 5.65 Å². The van der Waals surface area contributed by atoms with E-state index < -0.39 is 0 Å². The molecule has 0 saturated carbocycles. The number of rotatable bonds is 7. The number of nitrogens with two attached hydrogens (primary N) is 1. The van der Waals surface area contributed by atoms with E-state index in [1.807, 2.05) is 24.7 Å². The number of likely N-dealkylation sites (tertiary alicyclic amines) is 2. The Kier molecular flexibility index (Phi) is 9.79. The summed E-state index contributed by atoms with van der Waals surface area (Å²) in [5.41, 5.74) is 8.59. The van der Waals surface area contributed by atoms with Crippen LogP contribution >= 0.6 is 11.6 Å². The number of nitrogens with zero attached hydrogens (tertiary/aromatic N) is 6. The first-order valence-electron chi connectivity index (χ1n) is 17.9. The van der Waals surface area contributed by atoms with Gasteiger partial charge in [0.25, 0.3) is 0 Å². The van der Waals surface area contributed by atoms with Crippen molar-refractivity contribution in [3.8, 4) is 0 Å². The number of piperidine rings is 2. The van der Waals surface area contributed by atoms with Gasteiger partial charge in [0.2, 0.25) is 0 Å². The van der Waals surface area contributed by atoms with Gasteiger partial charge in [-0.2, -0.15) is 5.10 Å². The van der Waals surface area contributed by atoms with E-state index in [9.17, 15) is 0 Å². The van der Waals surface area contributed by atoms with E-state index in [1.54, 1.807) is 6.20 Å². The van der Waals surface area contributed by atoms with Crippen molar-refractivity contribution in [3.05, 3.63) is 125 Å². The fourth-order valence-corrected chi connectivity index (χ4v) is 8.14. The van der Waals surface area contributed by atoms with Crippen molar-refractivity contribution in [2.45, 2.75) is 44.7 Å². The van der Waals surface area contributed by atoms with Crippen molar-refractivity contribution in [1.29, 1.82) is 0 Å². The Morgan fingerprint density at radius 2 is 1.43 bits per heavy atom. The molecule has 0 bridgehead atoms. The van der Waals surface area contributed by atoms with Crippen LogP contribution in [0.25, 0.3) is 33.0 Å². The molecule has 10 nitrogen and oxygen atoms in total. The first-order chi connectivity index (χ1) is 25.1. The van der Waals surface area contributed by atoms with Crippen LogP contribution in [0.1, 0.15) is 54.0 Å². The van der Waals surface area contributed by atoms with E-state index in [0.29, 0.717) is 16.9 Å². The van der Waals surface area contributed by atoms with Crippen LogP contribution in [0.2, 0.25) is 5.02 Å². The molecule has 51 heavy (non-hydrogen) atoms.